The van der Waals surface area contributed by atoms with Crippen molar-refractivity contribution in [2.24, 2.45) is 0 Å². The SMILES string of the molecule is OC1(c2ccc(-c3ncccn3)cn2)CCC(Nc2cc[nH]c2)CC1. The molecule has 0 amide bonds. The molecule has 0 unspecified atom stereocenters. The Bertz CT molecular complexity index is 794. The van der Waals surface area contributed by atoms with Gasteiger partial charge in [0.05, 0.1) is 11.4 Å². The Morgan fingerprint density at radius 3 is 2.52 bits per heavy atom. The van der Waals surface area contributed by atoms with Crippen molar-refractivity contribution in [3.05, 3.63) is 60.9 Å². The highest BCUT2D eigenvalue weighted by Crippen LogP contribution is 2.37. The summed E-state index contributed by atoms with van der Waals surface area (Å²) in [5.41, 5.74) is 1.83. The van der Waals surface area contributed by atoms with Crippen molar-refractivity contribution in [2.75, 3.05) is 5.32 Å². The van der Waals surface area contributed by atoms with Gasteiger partial charge in [-0.2, -0.15) is 0 Å². The fraction of sp³-hybridized carbons (Fsp3) is 0.316. The molecule has 0 saturated heterocycles. The monoisotopic (exact) mass is 335 g/mol. The highest BCUT2D eigenvalue weighted by atomic mass is 16.3. The molecule has 3 N–H and O–H groups in total. The first-order chi connectivity index (χ1) is 12.2. The van der Waals surface area contributed by atoms with Gasteiger partial charge in [0.25, 0.3) is 0 Å². The molecule has 0 atom stereocenters. The van der Waals surface area contributed by atoms with E-state index in [0.29, 0.717) is 24.7 Å². The minimum atomic E-state index is -0.855. The normalized spacial score (nSPS) is 23.3. The van der Waals surface area contributed by atoms with Crippen molar-refractivity contribution in [3.8, 4) is 11.4 Å². The number of rotatable bonds is 4. The van der Waals surface area contributed by atoms with Crippen molar-refractivity contribution in [2.45, 2.75) is 37.3 Å². The predicted molar refractivity (Wildman–Crippen MR) is 95.8 cm³/mol. The second-order valence-corrected chi connectivity index (χ2v) is 6.55. The lowest BCUT2D eigenvalue weighted by Gasteiger charge is -2.36. The lowest BCUT2D eigenvalue weighted by molar-refractivity contribution is -0.00723. The number of nitrogens with one attached hydrogen (secondary N) is 2. The van der Waals surface area contributed by atoms with Crippen molar-refractivity contribution >= 4 is 5.69 Å². The zero-order valence-electron chi connectivity index (χ0n) is 13.9. The molecular formula is C19H21N5O. The van der Waals surface area contributed by atoms with E-state index < -0.39 is 5.60 Å². The molecule has 0 aromatic carbocycles. The highest BCUT2D eigenvalue weighted by Gasteiger charge is 2.36. The molecule has 0 aliphatic heterocycles. The molecule has 0 bridgehead atoms. The maximum Gasteiger partial charge on any atom is 0.160 e. The molecule has 6 heteroatoms. The van der Waals surface area contributed by atoms with E-state index in [1.54, 1.807) is 24.7 Å². The molecule has 25 heavy (non-hydrogen) atoms. The van der Waals surface area contributed by atoms with Crippen molar-refractivity contribution in [3.63, 3.8) is 0 Å². The molecule has 4 rings (SSSR count). The number of nitrogens with zero attached hydrogens (tertiary/aromatic N) is 3. The third-order valence-electron chi connectivity index (χ3n) is 4.85. The van der Waals surface area contributed by atoms with Gasteiger partial charge in [0.1, 0.15) is 5.60 Å². The van der Waals surface area contributed by atoms with Crippen LogP contribution in [0.2, 0.25) is 0 Å². The molecule has 6 nitrogen and oxygen atoms in total. The van der Waals surface area contributed by atoms with Crippen LogP contribution in [0.15, 0.2) is 55.2 Å². The van der Waals surface area contributed by atoms with Crippen molar-refractivity contribution in [1.82, 2.24) is 19.9 Å². The molecule has 1 aliphatic rings. The van der Waals surface area contributed by atoms with Gasteiger partial charge in [-0.1, -0.05) is 0 Å². The summed E-state index contributed by atoms with van der Waals surface area (Å²) < 4.78 is 0. The summed E-state index contributed by atoms with van der Waals surface area (Å²) in [5.74, 6) is 0.646. The van der Waals surface area contributed by atoms with Gasteiger partial charge in [-0.3, -0.25) is 4.98 Å². The van der Waals surface area contributed by atoms with Crippen LogP contribution in [0.25, 0.3) is 11.4 Å². The average Bonchev–Trinajstić information content (AvgIpc) is 3.18. The summed E-state index contributed by atoms with van der Waals surface area (Å²) in [5, 5.41) is 14.5. The Kier molecular flexibility index (Phi) is 4.19. The Morgan fingerprint density at radius 1 is 1.08 bits per heavy atom. The number of pyridine rings is 1. The molecule has 0 radical (unpaired) electrons. The Hall–Kier alpha value is -2.73. The van der Waals surface area contributed by atoms with E-state index in [4.69, 9.17) is 0 Å². The van der Waals surface area contributed by atoms with Crippen LogP contribution in [0, 0.1) is 0 Å². The number of hydrogen-bond acceptors (Lipinski definition) is 5. The van der Waals surface area contributed by atoms with E-state index in [-0.39, 0.29) is 0 Å². The number of hydrogen-bond donors (Lipinski definition) is 3. The Balaban J connectivity index is 1.43. The number of aromatic amines is 1. The van der Waals surface area contributed by atoms with Crippen LogP contribution in [0.1, 0.15) is 31.4 Å². The minimum Gasteiger partial charge on any atom is -0.384 e. The first kappa shape index (κ1) is 15.8. The standard InChI is InChI=1S/C19H21N5O/c25-19(7-4-15(5-8-19)24-16-6-11-20-13-16)17-3-2-14(12-23-17)18-21-9-1-10-22-18/h1-3,6,9-13,15,20,24-25H,4-5,7-8H2. The van der Waals surface area contributed by atoms with Gasteiger partial charge in [-0.05, 0) is 49.9 Å². The summed E-state index contributed by atoms with van der Waals surface area (Å²) >= 11 is 0. The van der Waals surface area contributed by atoms with Crippen molar-refractivity contribution in [1.29, 1.82) is 0 Å². The topological polar surface area (TPSA) is 86.7 Å². The van der Waals surface area contributed by atoms with E-state index in [2.05, 4.69) is 25.3 Å². The second-order valence-electron chi connectivity index (χ2n) is 6.55. The molecule has 1 saturated carbocycles. The summed E-state index contributed by atoms with van der Waals surface area (Å²) in [4.78, 5) is 16.0. The largest absolute Gasteiger partial charge is 0.384 e. The van der Waals surface area contributed by atoms with Gasteiger partial charge >= 0.3 is 0 Å². The maximum atomic E-state index is 11.0. The summed E-state index contributed by atoms with van der Waals surface area (Å²) in [6.45, 7) is 0. The summed E-state index contributed by atoms with van der Waals surface area (Å²) in [6, 6.07) is 8.01. The van der Waals surface area contributed by atoms with E-state index in [0.717, 1.165) is 29.8 Å². The third kappa shape index (κ3) is 3.39. The van der Waals surface area contributed by atoms with Crippen LogP contribution in [0.4, 0.5) is 5.69 Å². The van der Waals surface area contributed by atoms with Crippen LogP contribution in [-0.2, 0) is 5.60 Å². The zero-order valence-corrected chi connectivity index (χ0v) is 13.9. The molecule has 128 valence electrons. The van der Waals surface area contributed by atoms with Crippen molar-refractivity contribution < 1.29 is 5.11 Å². The average molecular weight is 335 g/mol. The molecule has 1 aliphatic carbocycles. The molecule has 0 spiro atoms. The third-order valence-corrected chi connectivity index (χ3v) is 4.85. The second kappa shape index (κ2) is 6.64. The number of H-pyrrole nitrogens is 1. The predicted octanol–water partition coefficient (Wildman–Crippen LogP) is 3.11. The van der Waals surface area contributed by atoms with Gasteiger partial charge in [0, 0.05) is 42.6 Å². The smallest absolute Gasteiger partial charge is 0.160 e. The molecule has 3 aromatic heterocycles. The van der Waals surface area contributed by atoms with Gasteiger partial charge in [-0.15, -0.1) is 0 Å². The van der Waals surface area contributed by atoms with Gasteiger partial charge < -0.3 is 15.4 Å². The van der Waals surface area contributed by atoms with Crippen LogP contribution >= 0.6 is 0 Å². The maximum absolute atomic E-state index is 11.0. The quantitative estimate of drug-likeness (QED) is 0.682. The minimum absolute atomic E-state index is 0.382. The van der Waals surface area contributed by atoms with E-state index in [1.165, 1.54) is 0 Å². The highest BCUT2D eigenvalue weighted by molar-refractivity contribution is 5.53. The van der Waals surface area contributed by atoms with Gasteiger partial charge in [-0.25, -0.2) is 9.97 Å². The van der Waals surface area contributed by atoms with Crippen LogP contribution < -0.4 is 5.32 Å². The first-order valence-electron chi connectivity index (χ1n) is 8.59. The first-order valence-corrected chi connectivity index (χ1v) is 8.59. The Morgan fingerprint density at radius 2 is 1.88 bits per heavy atom. The fourth-order valence-corrected chi connectivity index (χ4v) is 3.39. The summed E-state index contributed by atoms with van der Waals surface area (Å²) in [6.07, 6.45) is 12.2. The molecule has 1 fully saturated rings. The lowest BCUT2D eigenvalue weighted by Crippen LogP contribution is -2.36. The fourth-order valence-electron chi connectivity index (χ4n) is 3.39. The van der Waals surface area contributed by atoms with Gasteiger partial charge in [0.2, 0.25) is 0 Å². The molecule has 3 heterocycles. The number of aliphatic hydroxyl groups is 1. The number of aromatic nitrogens is 4. The lowest BCUT2D eigenvalue weighted by atomic mass is 9.79. The van der Waals surface area contributed by atoms with E-state index in [1.807, 2.05) is 30.6 Å². The Labute approximate surface area is 146 Å². The van der Waals surface area contributed by atoms with Crippen LogP contribution in [0.5, 0.6) is 0 Å². The van der Waals surface area contributed by atoms with E-state index in [9.17, 15) is 5.11 Å². The van der Waals surface area contributed by atoms with Crippen LogP contribution in [-0.4, -0.2) is 31.1 Å². The molecule has 3 aromatic rings. The van der Waals surface area contributed by atoms with Gasteiger partial charge in [0.15, 0.2) is 5.82 Å². The number of anilines is 1. The van der Waals surface area contributed by atoms with Crippen LogP contribution in [0.3, 0.4) is 0 Å². The summed E-state index contributed by atoms with van der Waals surface area (Å²) in [7, 11) is 0. The zero-order chi connectivity index (χ0) is 17.1. The van der Waals surface area contributed by atoms with E-state index >= 15 is 0 Å². The molecular weight excluding hydrogens is 314 g/mol.